The van der Waals surface area contributed by atoms with Crippen molar-refractivity contribution in [2.75, 3.05) is 35.2 Å². The highest BCUT2D eigenvalue weighted by Gasteiger charge is 2.45. The van der Waals surface area contributed by atoms with Crippen LogP contribution in [0.15, 0.2) is 29.3 Å². The summed E-state index contributed by atoms with van der Waals surface area (Å²) in [5, 5.41) is 16.8. The summed E-state index contributed by atoms with van der Waals surface area (Å²) in [4.78, 5) is 25.2. The highest BCUT2D eigenvalue weighted by molar-refractivity contribution is 7.97. The highest BCUT2D eigenvalue weighted by atomic mass is 32.2. The van der Waals surface area contributed by atoms with Gasteiger partial charge >= 0.3 is 0 Å². The SMILES string of the molecule is Cc1cc(NC(=O)c2ccc(NC(C)(C)CO)nc2N2CCC3(CC2)CC3)nc(SNC(C)(C)C)c1. The maximum atomic E-state index is 13.5. The van der Waals surface area contributed by atoms with Crippen LogP contribution < -0.4 is 20.3 Å². The predicted molar refractivity (Wildman–Crippen MR) is 148 cm³/mol. The fraction of sp³-hybridized carbons (Fsp3) is 0.593. The van der Waals surface area contributed by atoms with Gasteiger partial charge in [0.15, 0.2) is 0 Å². The molecule has 0 atom stereocenters. The molecule has 4 rings (SSSR count). The van der Waals surface area contributed by atoms with Crippen molar-refractivity contribution in [2.24, 2.45) is 5.41 Å². The van der Waals surface area contributed by atoms with Crippen LogP contribution in [0.5, 0.6) is 0 Å². The summed E-state index contributed by atoms with van der Waals surface area (Å²) in [5.41, 5.74) is 1.49. The molecule has 2 aromatic heterocycles. The number of carbonyl (C=O) groups excluding carboxylic acids is 1. The van der Waals surface area contributed by atoms with E-state index in [1.165, 1.54) is 24.8 Å². The Balaban J connectivity index is 1.57. The first-order valence-corrected chi connectivity index (χ1v) is 13.6. The van der Waals surface area contributed by atoms with E-state index in [0.717, 1.165) is 36.5 Å². The molecular formula is C27H40N6O2S. The molecule has 1 spiro atoms. The van der Waals surface area contributed by atoms with Crippen molar-refractivity contribution in [1.29, 1.82) is 0 Å². The topological polar surface area (TPSA) is 102 Å². The number of hydrogen-bond acceptors (Lipinski definition) is 8. The molecule has 1 saturated carbocycles. The molecule has 0 bridgehead atoms. The molecule has 2 fully saturated rings. The molecule has 196 valence electrons. The predicted octanol–water partition coefficient (Wildman–Crippen LogP) is 5.00. The number of aromatic nitrogens is 2. The zero-order chi connectivity index (χ0) is 26.1. The van der Waals surface area contributed by atoms with Crippen molar-refractivity contribution in [3.8, 4) is 0 Å². The molecule has 9 heteroatoms. The first-order valence-electron chi connectivity index (χ1n) is 12.8. The van der Waals surface area contributed by atoms with Gasteiger partial charge in [-0.1, -0.05) is 0 Å². The first kappa shape index (κ1) is 26.7. The van der Waals surface area contributed by atoms with Gasteiger partial charge in [-0.3, -0.25) is 9.52 Å². The molecule has 1 saturated heterocycles. The average Bonchev–Trinajstić information content (AvgIpc) is 3.56. The number of pyridine rings is 2. The molecule has 3 heterocycles. The van der Waals surface area contributed by atoms with Crippen molar-refractivity contribution in [3.05, 3.63) is 35.4 Å². The largest absolute Gasteiger partial charge is 0.394 e. The third-order valence-corrected chi connectivity index (χ3v) is 7.84. The van der Waals surface area contributed by atoms with Gasteiger partial charge in [-0.15, -0.1) is 0 Å². The smallest absolute Gasteiger partial charge is 0.260 e. The van der Waals surface area contributed by atoms with Crippen LogP contribution in [-0.4, -0.2) is 51.8 Å². The molecule has 4 N–H and O–H groups in total. The summed E-state index contributed by atoms with van der Waals surface area (Å²) in [5.74, 6) is 1.62. The number of nitrogens with zero attached hydrogens (tertiary/aromatic N) is 3. The summed E-state index contributed by atoms with van der Waals surface area (Å²) < 4.78 is 3.37. The molecular weight excluding hydrogens is 472 g/mol. The van der Waals surface area contributed by atoms with Crippen LogP contribution in [0.3, 0.4) is 0 Å². The molecule has 8 nitrogen and oxygen atoms in total. The van der Waals surface area contributed by atoms with E-state index < -0.39 is 5.54 Å². The Kier molecular flexibility index (Phi) is 7.55. The first-order chi connectivity index (χ1) is 16.9. The van der Waals surface area contributed by atoms with E-state index in [1.54, 1.807) is 6.07 Å². The summed E-state index contributed by atoms with van der Waals surface area (Å²) in [6, 6.07) is 7.50. The Hall–Kier alpha value is -2.36. The van der Waals surface area contributed by atoms with E-state index in [2.05, 4.69) is 46.0 Å². The van der Waals surface area contributed by atoms with Crippen molar-refractivity contribution < 1.29 is 9.90 Å². The Bertz CT molecular complexity index is 1100. The van der Waals surface area contributed by atoms with E-state index in [-0.39, 0.29) is 18.1 Å². The lowest BCUT2D eigenvalue weighted by molar-refractivity contribution is 0.102. The van der Waals surface area contributed by atoms with Gasteiger partial charge in [0, 0.05) is 18.6 Å². The molecule has 1 amide bonds. The van der Waals surface area contributed by atoms with Gasteiger partial charge in [0.2, 0.25) is 0 Å². The summed E-state index contributed by atoms with van der Waals surface area (Å²) in [6.07, 6.45) is 4.90. The number of piperidine rings is 1. The third kappa shape index (κ3) is 6.89. The molecule has 2 aliphatic rings. The Labute approximate surface area is 219 Å². The lowest BCUT2D eigenvalue weighted by Crippen LogP contribution is -2.38. The molecule has 0 aromatic carbocycles. The number of amides is 1. The van der Waals surface area contributed by atoms with Gasteiger partial charge in [-0.25, -0.2) is 9.97 Å². The molecule has 2 aromatic rings. The minimum absolute atomic E-state index is 0.0259. The molecule has 1 aliphatic heterocycles. The van der Waals surface area contributed by atoms with E-state index in [9.17, 15) is 9.90 Å². The second kappa shape index (κ2) is 10.2. The van der Waals surface area contributed by atoms with Crippen LogP contribution in [0.4, 0.5) is 17.5 Å². The van der Waals surface area contributed by atoms with Crippen LogP contribution in [0.1, 0.15) is 76.2 Å². The molecule has 1 aliphatic carbocycles. The van der Waals surface area contributed by atoms with Gasteiger partial charge in [-0.05, 0) is 114 Å². The number of rotatable bonds is 8. The van der Waals surface area contributed by atoms with Gasteiger partial charge < -0.3 is 20.6 Å². The number of aliphatic hydroxyl groups excluding tert-OH is 1. The number of carbonyl (C=O) groups is 1. The van der Waals surface area contributed by atoms with Crippen LogP contribution in [0.25, 0.3) is 0 Å². The number of nitrogens with one attached hydrogen (secondary N) is 3. The summed E-state index contributed by atoms with van der Waals surface area (Å²) in [6.45, 7) is 13.9. The highest BCUT2D eigenvalue weighted by Crippen LogP contribution is 2.54. The number of anilines is 3. The lowest BCUT2D eigenvalue weighted by Gasteiger charge is -2.34. The molecule has 36 heavy (non-hydrogen) atoms. The lowest BCUT2D eigenvalue weighted by atomic mass is 9.93. The maximum absolute atomic E-state index is 13.5. The second-order valence-corrected chi connectivity index (χ2v) is 12.8. The number of aliphatic hydroxyl groups is 1. The van der Waals surface area contributed by atoms with E-state index in [4.69, 9.17) is 4.98 Å². The Morgan fingerprint density at radius 2 is 1.75 bits per heavy atom. The normalized spacial score (nSPS) is 17.2. The van der Waals surface area contributed by atoms with Gasteiger partial charge in [0.25, 0.3) is 5.91 Å². The monoisotopic (exact) mass is 512 g/mol. The Morgan fingerprint density at radius 1 is 1.06 bits per heavy atom. The average molecular weight is 513 g/mol. The zero-order valence-electron chi connectivity index (χ0n) is 22.4. The Morgan fingerprint density at radius 3 is 2.36 bits per heavy atom. The van der Waals surface area contributed by atoms with E-state index >= 15 is 0 Å². The van der Waals surface area contributed by atoms with E-state index in [1.807, 2.05) is 39.0 Å². The summed E-state index contributed by atoms with van der Waals surface area (Å²) in [7, 11) is 0. The fourth-order valence-electron chi connectivity index (χ4n) is 4.33. The standard InChI is InChI=1S/C27H40N6O2S/c1-18-15-21(28-22(16-18)36-32-25(2,3)4)30-24(35)19-7-8-20(31-26(5,6)17-34)29-23(19)33-13-11-27(9-10-27)12-14-33/h7-8,15-16,32,34H,9-14,17H2,1-6H3,(H,29,31)(H,28,30,35). The number of hydrogen-bond donors (Lipinski definition) is 4. The van der Waals surface area contributed by atoms with Gasteiger partial charge in [-0.2, -0.15) is 0 Å². The number of aryl methyl sites for hydroxylation is 1. The van der Waals surface area contributed by atoms with Gasteiger partial charge in [0.05, 0.1) is 17.7 Å². The van der Waals surface area contributed by atoms with Crippen LogP contribution in [0.2, 0.25) is 0 Å². The molecule has 0 radical (unpaired) electrons. The fourth-order valence-corrected chi connectivity index (χ4v) is 5.13. The third-order valence-electron chi connectivity index (χ3n) is 6.71. The van der Waals surface area contributed by atoms with Crippen LogP contribution in [0, 0.1) is 12.3 Å². The quantitative estimate of drug-likeness (QED) is 0.367. The van der Waals surface area contributed by atoms with Gasteiger partial charge in [0.1, 0.15) is 22.5 Å². The van der Waals surface area contributed by atoms with Crippen molar-refractivity contribution >= 4 is 35.3 Å². The zero-order valence-corrected chi connectivity index (χ0v) is 23.2. The van der Waals surface area contributed by atoms with Crippen LogP contribution >= 0.6 is 11.9 Å². The van der Waals surface area contributed by atoms with Crippen molar-refractivity contribution in [2.45, 2.75) is 83.3 Å². The van der Waals surface area contributed by atoms with E-state index in [0.29, 0.717) is 28.4 Å². The minimum Gasteiger partial charge on any atom is -0.394 e. The minimum atomic E-state index is -0.519. The second-order valence-electron chi connectivity index (χ2n) is 12.0. The van der Waals surface area contributed by atoms with Crippen molar-refractivity contribution in [1.82, 2.24) is 14.7 Å². The molecule has 0 unspecified atom stereocenters. The maximum Gasteiger partial charge on any atom is 0.260 e. The summed E-state index contributed by atoms with van der Waals surface area (Å²) >= 11 is 1.46. The van der Waals surface area contributed by atoms with Crippen molar-refractivity contribution in [3.63, 3.8) is 0 Å². The van der Waals surface area contributed by atoms with Crippen LogP contribution in [-0.2, 0) is 0 Å².